The fourth-order valence-corrected chi connectivity index (χ4v) is 2.93. The normalized spacial score (nSPS) is 10.7. The largest absolute Gasteiger partial charge is 0.439 e. The number of fused-ring (bicyclic) bond motifs is 1. The lowest BCUT2D eigenvalue weighted by atomic mass is 10.1. The molecule has 4 aromatic rings. The molecule has 0 aliphatic carbocycles. The number of nitrogens with one attached hydrogen (secondary N) is 3. The van der Waals surface area contributed by atoms with E-state index in [1.807, 2.05) is 44.2 Å². The molecule has 0 bridgehead atoms. The molecule has 8 nitrogen and oxygen atoms in total. The molecule has 0 unspecified atom stereocenters. The number of hydrogen-bond acceptors (Lipinski definition) is 7. The van der Waals surface area contributed by atoms with Crippen molar-refractivity contribution in [2.75, 3.05) is 5.32 Å². The van der Waals surface area contributed by atoms with E-state index in [-0.39, 0.29) is 5.49 Å². The van der Waals surface area contributed by atoms with Gasteiger partial charge in [-0.05, 0) is 49.7 Å². The van der Waals surface area contributed by atoms with Crippen LogP contribution in [-0.2, 0) is 0 Å². The van der Waals surface area contributed by atoms with Gasteiger partial charge in [0.05, 0.1) is 11.9 Å². The minimum atomic E-state index is 0.117. The monoisotopic (exact) mass is 385 g/mol. The van der Waals surface area contributed by atoms with Crippen molar-refractivity contribution in [3.05, 3.63) is 71.7 Å². The third-order valence-electron chi connectivity index (χ3n) is 4.43. The summed E-state index contributed by atoms with van der Waals surface area (Å²) in [6.45, 7) is 3.97. The van der Waals surface area contributed by atoms with Gasteiger partial charge in [-0.1, -0.05) is 11.6 Å². The molecule has 4 rings (SSSR count). The van der Waals surface area contributed by atoms with E-state index in [9.17, 15) is 0 Å². The van der Waals surface area contributed by atoms with E-state index < -0.39 is 0 Å². The molecule has 0 spiro atoms. The predicted molar refractivity (Wildman–Crippen MR) is 111 cm³/mol. The molecule has 0 saturated heterocycles. The Bertz CT molecular complexity index is 1280. The summed E-state index contributed by atoms with van der Waals surface area (Å²) < 4.78 is 7.09. The van der Waals surface area contributed by atoms with Crippen molar-refractivity contribution in [1.29, 1.82) is 10.8 Å². The standard InChI is InChI=1S/C21H19N7O/c1-13-3-5-17-16(7-13)21(25-11-24-17)27-15-4-6-18(14(2)8-15)29-20-9-19(23)28(10-22)12-26-20/h3-12,22-23H,1-2H3,(H,24,25,27). The lowest BCUT2D eigenvalue weighted by Gasteiger charge is -2.12. The first-order chi connectivity index (χ1) is 14.0. The summed E-state index contributed by atoms with van der Waals surface area (Å²) in [5, 5.41) is 19.4. The van der Waals surface area contributed by atoms with Crippen LogP contribution in [0.4, 0.5) is 11.5 Å². The van der Waals surface area contributed by atoms with E-state index in [1.165, 1.54) is 17.0 Å². The highest BCUT2D eigenvalue weighted by Gasteiger charge is 2.08. The molecule has 0 amide bonds. The summed E-state index contributed by atoms with van der Waals surface area (Å²) in [7, 11) is 0. The van der Waals surface area contributed by atoms with Crippen LogP contribution in [-0.4, -0.2) is 25.9 Å². The summed E-state index contributed by atoms with van der Waals surface area (Å²) in [5.41, 5.74) is 3.92. The maximum absolute atomic E-state index is 7.84. The Labute approximate surface area is 166 Å². The number of aryl methyl sites for hydroxylation is 2. The van der Waals surface area contributed by atoms with Crippen molar-refractivity contribution >= 4 is 28.7 Å². The molecular formula is C21H19N7O. The number of aromatic nitrogens is 4. The van der Waals surface area contributed by atoms with Crippen molar-refractivity contribution < 1.29 is 4.74 Å². The first kappa shape index (κ1) is 18.3. The summed E-state index contributed by atoms with van der Waals surface area (Å²) in [5.74, 6) is 1.68. The average molecular weight is 385 g/mol. The maximum atomic E-state index is 7.84. The van der Waals surface area contributed by atoms with Crippen LogP contribution >= 0.6 is 0 Å². The molecule has 2 heterocycles. The van der Waals surface area contributed by atoms with Crippen molar-refractivity contribution in [2.24, 2.45) is 0 Å². The molecule has 0 fully saturated rings. The number of rotatable bonds is 5. The van der Waals surface area contributed by atoms with E-state index in [0.29, 0.717) is 11.6 Å². The Morgan fingerprint density at radius 3 is 2.66 bits per heavy atom. The molecule has 3 N–H and O–H groups in total. The molecule has 0 aliphatic rings. The Hall–Kier alpha value is -4.07. The van der Waals surface area contributed by atoms with Crippen LogP contribution in [0.15, 0.2) is 55.1 Å². The second-order valence-electron chi connectivity index (χ2n) is 6.60. The number of benzene rings is 2. The van der Waals surface area contributed by atoms with Gasteiger partial charge in [0.15, 0.2) is 0 Å². The van der Waals surface area contributed by atoms with Gasteiger partial charge >= 0.3 is 0 Å². The number of nitrogens with zero attached hydrogens (tertiary/aromatic N) is 4. The van der Waals surface area contributed by atoms with Crippen LogP contribution in [0, 0.1) is 24.7 Å². The summed E-state index contributed by atoms with van der Waals surface area (Å²) >= 11 is 0. The van der Waals surface area contributed by atoms with E-state index in [1.54, 1.807) is 6.33 Å². The number of anilines is 2. The van der Waals surface area contributed by atoms with Gasteiger partial charge in [-0.25, -0.2) is 15.0 Å². The molecule has 0 atom stereocenters. The van der Waals surface area contributed by atoms with Gasteiger partial charge < -0.3 is 10.1 Å². The smallest absolute Gasteiger partial charge is 0.224 e. The summed E-state index contributed by atoms with van der Waals surface area (Å²) in [6.07, 6.45) is 3.94. The molecule has 2 aromatic carbocycles. The van der Waals surface area contributed by atoms with Crippen molar-refractivity contribution in [2.45, 2.75) is 13.8 Å². The lowest BCUT2D eigenvalue weighted by molar-refractivity contribution is 0.455. The Balaban J connectivity index is 1.59. The molecule has 0 aliphatic heterocycles. The van der Waals surface area contributed by atoms with Crippen LogP contribution in [0.2, 0.25) is 0 Å². The third-order valence-corrected chi connectivity index (χ3v) is 4.43. The van der Waals surface area contributed by atoms with Crippen LogP contribution in [0.1, 0.15) is 11.1 Å². The second-order valence-corrected chi connectivity index (χ2v) is 6.60. The summed E-state index contributed by atoms with van der Waals surface area (Å²) in [4.78, 5) is 12.8. The first-order valence-electron chi connectivity index (χ1n) is 8.94. The van der Waals surface area contributed by atoms with Gasteiger partial charge in [0.2, 0.25) is 5.88 Å². The van der Waals surface area contributed by atoms with E-state index in [0.717, 1.165) is 39.9 Å². The highest BCUT2D eigenvalue weighted by molar-refractivity contribution is 5.91. The second kappa shape index (κ2) is 7.51. The topological polar surface area (TPSA) is 113 Å². The lowest BCUT2D eigenvalue weighted by Crippen LogP contribution is -2.18. The maximum Gasteiger partial charge on any atom is 0.224 e. The van der Waals surface area contributed by atoms with Crippen LogP contribution < -0.4 is 15.5 Å². The molecule has 2 aromatic heterocycles. The SMILES string of the molecule is Cc1ccc2ncnc(Nc3ccc(Oc4cc(=N)n(C=N)cn4)c(C)c3)c2c1. The van der Waals surface area contributed by atoms with Gasteiger partial charge in [-0.15, -0.1) is 0 Å². The van der Waals surface area contributed by atoms with Crippen molar-refractivity contribution in [3.8, 4) is 11.6 Å². The van der Waals surface area contributed by atoms with E-state index >= 15 is 0 Å². The molecule has 144 valence electrons. The fourth-order valence-electron chi connectivity index (χ4n) is 2.93. The first-order valence-corrected chi connectivity index (χ1v) is 8.94. The highest BCUT2D eigenvalue weighted by Crippen LogP contribution is 2.29. The number of ether oxygens (including phenoxy) is 1. The van der Waals surface area contributed by atoms with Crippen molar-refractivity contribution in [3.63, 3.8) is 0 Å². The van der Waals surface area contributed by atoms with Gasteiger partial charge in [-0.2, -0.15) is 0 Å². The zero-order valence-electron chi connectivity index (χ0n) is 16.0. The fraction of sp³-hybridized carbons (Fsp3) is 0.0952. The molecule has 0 saturated carbocycles. The highest BCUT2D eigenvalue weighted by atomic mass is 16.5. The van der Waals surface area contributed by atoms with Crippen LogP contribution in [0.3, 0.4) is 0 Å². The van der Waals surface area contributed by atoms with Crippen molar-refractivity contribution in [1.82, 2.24) is 19.5 Å². The van der Waals surface area contributed by atoms with Gasteiger partial charge in [0.1, 0.15) is 29.7 Å². The Morgan fingerprint density at radius 2 is 1.90 bits per heavy atom. The average Bonchev–Trinajstić information content (AvgIpc) is 2.71. The third kappa shape index (κ3) is 3.81. The van der Waals surface area contributed by atoms with Gasteiger partial charge in [0, 0.05) is 17.1 Å². The minimum absolute atomic E-state index is 0.117. The van der Waals surface area contributed by atoms with Gasteiger partial charge in [0.25, 0.3) is 0 Å². The predicted octanol–water partition coefficient (Wildman–Crippen LogP) is 3.91. The van der Waals surface area contributed by atoms with E-state index in [2.05, 4.69) is 26.3 Å². The quantitative estimate of drug-likeness (QED) is 0.356. The number of hydrogen-bond donors (Lipinski definition) is 3. The summed E-state index contributed by atoms with van der Waals surface area (Å²) in [6, 6.07) is 13.2. The van der Waals surface area contributed by atoms with Gasteiger partial charge in [-0.3, -0.25) is 15.4 Å². The minimum Gasteiger partial charge on any atom is -0.439 e. The molecule has 8 heteroatoms. The van der Waals surface area contributed by atoms with Crippen LogP contribution in [0.5, 0.6) is 11.6 Å². The van der Waals surface area contributed by atoms with E-state index in [4.69, 9.17) is 15.6 Å². The molecule has 29 heavy (non-hydrogen) atoms. The zero-order valence-corrected chi connectivity index (χ0v) is 16.0. The molecule has 0 radical (unpaired) electrons. The molecular weight excluding hydrogens is 366 g/mol. The Morgan fingerprint density at radius 1 is 1.03 bits per heavy atom. The Kier molecular flexibility index (Phi) is 4.74. The van der Waals surface area contributed by atoms with Crippen LogP contribution in [0.25, 0.3) is 10.9 Å². The zero-order chi connectivity index (χ0) is 20.4.